The summed E-state index contributed by atoms with van der Waals surface area (Å²) >= 11 is 0. The molecule has 5 N–H and O–H groups in total. The molecule has 0 radical (unpaired) electrons. The predicted octanol–water partition coefficient (Wildman–Crippen LogP) is 0.852. The zero-order chi connectivity index (χ0) is 31.4. The molecule has 0 amide bonds. The summed E-state index contributed by atoms with van der Waals surface area (Å²) in [7, 11) is -6.02. The highest BCUT2D eigenvalue weighted by Crippen LogP contribution is 2.37. The molecule has 1 spiro atoms. The molecular weight excluding hydrogens is 608 g/mol. The number of pyridine rings is 2. The highest BCUT2D eigenvalue weighted by atomic mass is 32.2. The van der Waals surface area contributed by atoms with Crippen molar-refractivity contribution < 1.29 is 31.4 Å². The van der Waals surface area contributed by atoms with Gasteiger partial charge in [-0.15, -0.1) is 0 Å². The fourth-order valence-corrected chi connectivity index (χ4v) is 7.64. The van der Waals surface area contributed by atoms with Crippen LogP contribution in [0.25, 0.3) is 11.1 Å². The number of hydrogen-bond donors (Lipinski definition) is 4. The summed E-state index contributed by atoms with van der Waals surface area (Å²) in [5.41, 5.74) is 7.35. The van der Waals surface area contributed by atoms with Crippen molar-refractivity contribution in [2.45, 2.75) is 53.3 Å². The summed E-state index contributed by atoms with van der Waals surface area (Å²) in [5, 5.41) is 13.8. The molecule has 4 heterocycles. The number of hydrogen-bond acceptors (Lipinski definition) is 11. The molecule has 2 aromatic heterocycles. The van der Waals surface area contributed by atoms with Gasteiger partial charge >= 0.3 is 0 Å². The Hall–Kier alpha value is -3.02. The van der Waals surface area contributed by atoms with Gasteiger partial charge in [0, 0.05) is 68.0 Å². The number of rotatable bonds is 12. The van der Waals surface area contributed by atoms with E-state index in [0.717, 1.165) is 11.3 Å². The number of sulfonamides is 2. The number of aliphatic hydroxyl groups is 1. The van der Waals surface area contributed by atoms with Gasteiger partial charge < -0.3 is 25.6 Å². The van der Waals surface area contributed by atoms with E-state index >= 15 is 0 Å². The van der Waals surface area contributed by atoms with Crippen molar-refractivity contribution in [3.8, 4) is 16.9 Å². The van der Waals surface area contributed by atoms with Crippen molar-refractivity contribution in [3.05, 3.63) is 66.7 Å². The lowest BCUT2D eigenvalue weighted by Crippen LogP contribution is -2.47. The maximum Gasteiger partial charge on any atom is 0.244 e. The summed E-state index contributed by atoms with van der Waals surface area (Å²) in [5.74, 6) is 0.339. The monoisotopic (exact) mass is 646 g/mol. The van der Waals surface area contributed by atoms with E-state index in [2.05, 4.69) is 20.0 Å². The first kappa shape index (κ1) is 32.4. The molecule has 2 aliphatic heterocycles. The molecule has 2 saturated heterocycles. The Morgan fingerprint density at radius 2 is 1.89 bits per heavy atom. The summed E-state index contributed by atoms with van der Waals surface area (Å²) in [6.07, 6.45) is 5.61. The molecule has 5 rings (SSSR count). The average Bonchev–Trinajstić information content (AvgIpc) is 3.45. The summed E-state index contributed by atoms with van der Waals surface area (Å²) in [6.45, 7) is 1.66. The van der Waals surface area contributed by atoms with Crippen LogP contribution >= 0.6 is 0 Å². The van der Waals surface area contributed by atoms with Gasteiger partial charge in [-0.05, 0) is 50.6 Å². The lowest BCUT2D eigenvalue weighted by atomic mass is 9.88. The smallest absolute Gasteiger partial charge is 0.244 e. The zero-order valence-electron chi connectivity index (χ0n) is 24.4. The predicted molar refractivity (Wildman–Crippen MR) is 163 cm³/mol. The Morgan fingerprint density at radius 3 is 2.59 bits per heavy atom. The Morgan fingerprint density at radius 1 is 1.09 bits per heavy atom. The van der Waals surface area contributed by atoms with Gasteiger partial charge in [0.05, 0.1) is 22.8 Å². The molecule has 44 heavy (non-hydrogen) atoms. The fourth-order valence-electron chi connectivity index (χ4n) is 5.44. The van der Waals surface area contributed by atoms with Gasteiger partial charge in [-0.3, -0.25) is 9.97 Å². The number of benzene rings is 1. The Kier molecular flexibility index (Phi) is 9.96. The van der Waals surface area contributed by atoms with Crippen LogP contribution in [0.2, 0.25) is 0 Å². The van der Waals surface area contributed by atoms with E-state index in [4.69, 9.17) is 15.2 Å². The van der Waals surface area contributed by atoms with E-state index < -0.39 is 31.8 Å². The first-order valence-corrected chi connectivity index (χ1v) is 17.3. The molecule has 0 aliphatic carbocycles. The minimum Gasteiger partial charge on any atom is -0.491 e. The molecule has 13 nitrogen and oxygen atoms in total. The van der Waals surface area contributed by atoms with Crippen LogP contribution in [0.4, 0.5) is 0 Å². The van der Waals surface area contributed by atoms with Gasteiger partial charge in [-0.2, -0.15) is 4.31 Å². The van der Waals surface area contributed by atoms with Crippen LogP contribution in [0.15, 0.2) is 70.8 Å². The van der Waals surface area contributed by atoms with Gasteiger partial charge in [0.25, 0.3) is 0 Å². The third kappa shape index (κ3) is 7.43. The lowest BCUT2D eigenvalue weighted by molar-refractivity contribution is -0.0312. The molecule has 238 valence electrons. The number of aromatic nitrogens is 2. The SMILES string of the molecule is CNS(=O)(=O)c1cccc(OCC(O)CNC2COC3(CCN(S(=O)(=O)c4cncc(-c5ccc(CN)nc5)c4)CC3)C2)c1. The number of nitrogens with two attached hydrogens (primary N) is 1. The second-order valence-corrected chi connectivity index (χ2v) is 14.8. The maximum atomic E-state index is 13.5. The van der Waals surface area contributed by atoms with Crippen molar-refractivity contribution in [1.82, 2.24) is 24.3 Å². The number of nitrogens with zero attached hydrogens (tertiary/aromatic N) is 3. The largest absolute Gasteiger partial charge is 0.491 e. The first-order chi connectivity index (χ1) is 21.0. The van der Waals surface area contributed by atoms with Crippen LogP contribution < -0.4 is 20.5 Å². The topological polar surface area (TPSA) is 186 Å². The number of aliphatic hydroxyl groups excluding tert-OH is 1. The van der Waals surface area contributed by atoms with E-state index in [-0.39, 0.29) is 29.0 Å². The van der Waals surface area contributed by atoms with Crippen LogP contribution in [0.1, 0.15) is 25.0 Å². The van der Waals surface area contributed by atoms with Crippen molar-refractivity contribution in [3.63, 3.8) is 0 Å². The summed E-state index contributed by atoms with van der Waals surface area (Å²) < 4.78 is 66.5. The van der Waals surface area contributed by atoms with Crippen molar-refractivity contribution in [2.24, 2.45) is 5.73 Å². The molecule has 15 heteroatoms. The number of nitrogens with one attached hydrogen (secondary N) is 2. The Balaban J connectivity index is 1.10. The second-order valence-electron chi connectivity index (χ2n) is 11.0. The van der Waals surface area contributed by atoms with Crippen LogP contribution in [0, 0.1) is 0 Å². The summed E-state index contributed by atoms with van der Waals surface area (Å²) in [4.78, 5) is 8.68. The van der Waals surface area contributed by atoms with E-state index in [1.807, 2.05) is 6.07 Å². The molecular formula is C29H38N6O7S2. The first-order valence-electron chi connectivity index (χ1n) is 14.4. The van der Waals surface area contributed by atoms with Crippen molar-refractivity contribution >= 4 is 20.0 Å². The second kappa shape index (κ2) is 13.5. The third-order valence-corrected chi connectivity index (χ3v) is 11.3. The molecule has 3 aromatic rings. The van der Waals surface area contributed by atoms with Gasteiger partial charge in [-0.1, -0.05) is 12.1 Å². The van der Waals surface area contributed by atoms with E-state index in [1.165, 1.54) is 29.7 Å². The van der Waals surface area contributed by atoms with Crippen LogP contribution in [0.3, 0.4) is 0 Å². The lowest BCUT2D eigenvalue weighted by Gasteiger charge is -2.38. The number of piperidine rings is 1. The van der Waals surface area contributed by atoms with Gasteiger partial charge in [-0.25, -0.2) is 21.6 Å². The normalized spacial score (nSPS) is 19.7. The zero-order valence-corrected chi connectivity index (χ0v) is 26.1. The van der Waals surface area contributed by atoms with Gasteiger partial charge in [0.15, 0.2) is 0 Å². The molecule has 1 aromatic carbocycles. The maximum absolute atomic E-state index is 13.5. The minimum absolute atomic E-state index is 0.00273. The van der Waals surface area contributed by atoms with Crippen molar-refractivity contribution in [1.29, 1.82) is 0 Å². The molecule has 2 atom stereocenters. The third-order valence-electron chi connectivity index (χ3n) is 8.03. The van der Waals surface area contributed by atoms with E-state index in [1.54, 1.807) is 36.7 Å². The molecule has 2 unspecified atom stereocenters. The molecule has 2 aliphatic rings. The number of ether oxygens (including phenoxy) is 2. The van der Waals surface area contributed by atoms with Crippen LogP contribution in [-0.4, -0.2) is 93.9 Å². The van der Waals surface area contributed by atoms with E-state index in [0.29, 0.717) is 56.8 Å². The highest BCUT2D eigenvalue weighted by molar-refractivity contribution is 7.89. The van der Waals surface area contributed by atoms with Gasteiger partial charge in [0.1, 0.15) is 23.4 Å². The molecule has 0 saturated carbocycles. The summed E-state index contributed by atoms with van der Waals surface area (Å²) in [6, 6.07) is 11.3. The average molecular weight is 647 g/mol. The fraction of sp³-hybridized carbons (Fsp3) is 0.448. The quantitative estimate of drug-likeness (QED) is 0.219. The van der Waals surface area contributed by atoms with Crippen LogP contribution in [0.5, 0.6) is 5.75 Å². The Bertz CT molecular complexity index is 1650. The van der Waals surface area contributed by atoms with E-state index in [9.17, 15) is 21.9 Å². The molecule has 0 bridgehead atoms. The standard InChI is InChI=1S/C29H38N6O7S2/c1-31-43(37,38)27-4-2-3-26(12-27)41-20-25(36)17-34-24-13-29(42-19-24)7-9-35(10-8-29)44(39,40)28-11-22(15-32-18-28)21-5-6-23(14-30)33-16-21/h2-6,11-12,15-16,18,24-25,31,34,36H,7-10,13-14,17,19-20,30H2,1H3. The minimum atomic E-state index is -3.75. The highest BCUT2D eigenvalue weighted by Gasteiger charge is 2.44. The van der Waals surface area contributed by atoms with Crippen molar-refractivity contribution in [2.75, 3.05) is 39.9 Å². The van der Waals surface area contributed by atoms with Gasteiger partial charge in [0.2, 0.25) is 20.0 Å². The molecule has 2 fully saturated rings. The Labute approximate surface area is 257 Å². The van der Waals surface area contributed by atoms with Crippen LogP contribution in [-0.2, 0) is 31.3 Å².